The van der Waals surface area contributed by atoms with Crippen LogP contribution in [0.5, 0.6) is 0 Å². The molecule has 0 unspecified atom stereocenters. The summed E-state index contributed by atoms with van der Waals surface area (Å²) in [5.41, 5.74) is 3.57. The maximum Gasteiger partial charge on any atom is 0.253 e. The van der Waals surface area contributed by atoms with Gasteiger partial charge in [-0.05, 0) is 23.7 Å². The molecule has 1 aliphatic heterocycles. The van der Waals surface area contributed by atoms with Gasteiger partial charge in [-0.25, -0.2) is 9.97 Å². The standard InChI is InChI=1S/C22H19N5OS/c28-22(17-9-5-2-6-10-17)27-13-11-26(12-14-27)21-20-19(23-15-24-21)18(25-29-20)16-7-3-1-4-8-16/h1-10,15H,11-14H2. The first-order valence-electron chi connectivity index (χ1n) is 9.56. The Kier molecular flexibility index (Phi) is 4.65. The Hall–Kier alpha value is -3.32. The van der Waals surface area contributed by atoms with Crippen molar-refractivity contribution in [1.29, 1.82) is 0 Å². The van der Waals surface area contributed by atoms with Crippen molar-refractivity contribution in [1.82, 2.24) is 19.2 Å². The van der Waals surface area contributed by atoms with Crippen molar-refractivity contribution < 1.29 is 4.79 Å². The molecule has 0 aliphatic carbocycles. The number of hydrogen-bond donors (Lipinski definition) is 0. The summed E-state index contributed by atoms with van der Waals surface area (Å²) >= 11 is 1.44. The lowest BCUT2D eigenvalue weighted by atomic mass is 10.1. The summed E-state index contributed by atoms with van der Waals surface area (Å²) in [6, 6.07) is 19.6. The van der Waals surface area contributed by atoms with Crippen LogP contribution in [0.25, 0.3) is 21.5 Å². The van der Waals surface area contributed by atoms with Crippen LogP contribution in [0.1, 0.15) is 10.4 Å². The molecular weight excluding hydrogens is 382 g/mol. The average Bonchev–Trinajstić information content (AvgIpc) is 3.24. The molecule has 2 aromatic heterocycles. The minimum atomic E-state index is 0.0854. The van der Waals surface area contributed by atoms with Gasteiger partial charge in [-0.1, -0.05) is 48.5 Å². The number of fused-ring (bicyclic) bond motifs is 1. The highest BCUT2D eigenvalue weighted by molar-refractivity contribution is 7.14. The molecule has 29 heavy (non-hydrogen) atoms. The van der Waals surface area contributed by atoms with E-state index in [0.717, 1.165) is 45.9 Å². The van der Waals surface area contributed by atoms with Crippen molar-refractivity contribution >= 4 is 33.5 Å². The van der Waals surface area contributed by atoms with Gasteiger partial charge in [0.15, 0.2) is 5.82 Å². The lowest BCUT2D eigenvalue weighted by molar-refractivity contribution is 0.0746. The van der Waals surface area contributed by atoms with E-state index in [2.05, 4.69) is 19.2 Å². The SMILES string of the molecule is O=C(c1ccccc1)N1CCN(c2ncnc3c(-c4ccccc4)nsc23)CC1. The smallest absolute Gasteiger partial charge is 0.253 e. The number of piperazine rings is 1. The molecule has 7 heteroatoms. The topological polar surface area (TPSA) is 62.2 Å². The molecule has 1 aliphatic rings. The maximum absolute atomic E-state index is 12.7. The average molecular weight is 401 g/mol. The van der Waals surface area contributed by atoms with E-state index in [9.17, 15) is 4.79 Å². The lowest BCUT2D eigenvalue weighted by Crippen LogP contribution is -2.49. The number of carbonyl (C=O) groups is 1. The van der Waals surface area contributed by atoms with Crippen LogP contribution in [-0.4, -0.2) is 51.3 Å². The fraction of sp³-hybridized carbons (Fsp3) is 0.182. The number of carbonyl (C=O) groups excluding carboxylic acids is 1. The van der Waals surface area contributed by atoms with Gasteiger partial charge < -0.3 is 9.80 Å². The van der Waals surface area contributed by atoms with Crippen molar-refractivity contribution in [2.45, 2.75) is 0 Å². The van der Waals surface area contributed by atoms with E-state index in [1.165, 1.54) is 11.5 Å². The molecule has 4 aromatic rings. The quantitative estimate of drug-likeness (QED) is 0.524. The molecule has 0 saturated carbocycles. The van der Waals surface area contributed by atoms with E-state index >= 15 is 0 Å². The number of nitrogens with zero attached hydrogens (tertiary/aromatic N) is 5. The Morgan fingerprint density at radius 3 is 2.28 bits per heavy atom. The molecule has 144 valence electrons. The number of benzene rings is 2. The minimum Gasteiger partial charge on any atom is -0.352 e. The molecular formula is C22H19N5OS. The van der Waals surface area contributed by atoms with Gasteiger partial charge in [0, 0.05) is 37.3 Å². The van der Waals surface area contributed by atoms with Crippen LogP contribution in [0, 0.1) is 0 Å². The molecule has 1 saturated heterocycles. The monoisotopic (exact) mass is 401 g/mol. The van der Waals surface area contributed by atoms with Crippen LogP contribution < -0.4 is 4.90 Å². The van der Waals surface area contributed by atoms with E-state index in [1.807, 2.05) is 65.6 Å². The summed E-state index contributed by atoms with van der Waals surface area (Å²) in [6.07, 6.45) is 1.61. The Morgan fingerprint density at radius 2 is 1.55 bits per heavy atom. The zero-order chi connectivity index (χ0) is 19.6. The number of anilines is 1. The van der Waals surface area contributed by atoms with Crippen LogP contribution in [0.2, 0.25) is 0 Å². The first kappa shape index (κ1) is 17.8. The molecule has 1 fully saturated rings. The molecule has 0 spiro atoms. The summed E-state index contributed by atoms with van der Waals surface area (Å²) in [5, 5.41) is 0. The summed E-state index contributed by atoms with van der Waals surface area (Å²) in [4.78, 5) is 25.9. The zero-order valence-corrected chi connectivity index (χ0v) is 16.5. The lowest BCUT2D eigenvalue weighted by Gasteiger charge is -2.35. The van der Waals surface area contributed by atoms with Gasteiger partial charge in [-0.3, -0.25) is 4.79 Å². The van der Waals surface area contributed by atoms with E-state index < -0.39 is 0 Å². The molecule has 0 N–H and O–H groups in total. The summed E-state index contributed by atoms with van der Waals surface area (Å²) in [6.45, 7) is 2.82. The second kappa shape index (κ2) is 7.60. The maximum atomic E-state index is 12.7. The van der Waals surface area contributed by atoms with Crippen LogP contribution in [0.3, 0.4) is 0 Å². The van der Waals surface area contributed by atoms with E-state index in [1.54, 1.807) is 6.33 Å². The third kappa shape index (κ3) is 3.34. The fourth-order valence-corrected chi connectivity index (χ4v) is 4.52. The largest absolute Gasteiger partial charge is 0.352 e. The first-order chi connectivity index (χ1) is 14.3. The molecule has 2 aromatic carbocycles. The Morgan fingerprint density at radius 1 is 0.862 bits per heavy atom. The molecule has 0 radical (unpaired) electrons. The summed E-state index contributed by atoms with van der Waals surface area (Å²) in [5.74, 6) is 0.990. The van der Waals surface area contributed by atoms with Crippen molar-refractivity contribution in [3.8, 4) is 11.3 Å². The van der Waals surface area contributed by atoms with Crippen molar-refractivity contribution in [3.63, 3.8) is 0 Å². The van der Waals surface area contributed by atoms with Gasteiger partial charge in [-0.2, -0.15) is 4.37 Å². The zero-order valence-electron chi connectivity index (χ0n) is 15.7. The van der Waals surface area contributed by atoms with Crippen LogP contribution in [0.4, 0.5) is 5.82 Å². The van der Waals surface area contributed by atoms with Gasteiger partial charge in [0.1, 0.15) is 22.2 Å². The molecule has 6 nitrogen and oxygen atoms in total. The third-order valence-electron chi connectivity index (χ3n) is 5.17. The first-order valence-corrected chi connectivity index (χ1v) is 10.3. The van der Waals surface area contributed by atoms with E-state index in [4.69, 9.17) is 0 Å². The van der Waals surface area contributed by atoms with Gasteiger partial charge in [-0.15, -0.1) is 0 Å². The Labute approximate surface area is 172 Å². The van der Waals surface area contributed by atoms with Gasteiger partial charge in [0.2, 0.25) is 0 Å². The van der Waals surface area contributed by atoms with E-state index in [-0.39, 0.29) is 5.91 Å². The number of aromatic nitrogens is 3. The normalized spacial score (nSPS) is 14.3. The summed E-state index contributed by atoms with van der Waals surface area (Å²) in [7, 11) is 0. The highest BCUT2D eigenvalue weighted by Gasteiger charge is 2.25. The number of amides is 1. The molecule has 0 bridgehead atoms. The molecule has 0 atom stereocenters. The molecule has 1 amide bonds. The van der Waals surface area contributed by atoms with Crippen LogP contribution in [0.15, 0.2) is 67.0 Å². The van der Waals surface area contributed by atoms with Gasteiger partial charge in [0.05, 0.1) is 0 Å². The molecule has 5 rings (SSSR count). The van der Waals surface area contributed by atoms with Gasteiger partial charge >= 0.3 is 0 Å². The van der Waals surface area contributed by atoms with Crippen LogP contribution in [-0.2, 0) is 0 Å². The Bertz CT molecular complexity index is 1140. The second-order valence-corrected chi connectivity index (χ2v) is 7.69. The minimum absolute atomic E-state index is 0.0854. The predicted molar refractivity (Wildman–Crippen MR) is 115 cm³/mol. The highest BCUT2D eigenvalue weighted by Crippen LogP contribution is 2.34. The van der Waals surface area contributed by atoms with Crippen molar-refractivity contribution in [2.75, 3.05) is 31.1 Å². The second-order valence-electron chi connectivity index (χ2n) is 6.92. The number of rotatable bonds is 3. The van der Waals surface area contributed by atoms with Crippen LogP contribution >= 0.6 is 11.5 Å². The van der Waals surface area contributed by atoms with E-state index in [0.29, 0.717) is 13.1 Å². The van der Waals surface area contributed by atoms with Crippen molar-refractivity contribution in [2.24, 2.45) is 0 Å². The number of hydrogen-bond acceptors (Lipinski definition) is 6. The Balaban J connectivity index is 1.37. The summed E-state index contributed by atoms with van der Waals surface area (Å²) < 4.78 is 5.65. The third-order valence-corrected chi connectivity index (χ3v) is 6.00. The molecule has 3 heterocycles. The highest BCUT2D eigenvalue weighted by atomic mass is 32.1. The fourth-order valence-electron chi connectivity index (χ4n) is 3.65. The predicted octanol–water partition coefficient (Wildman–Crippen LogP) is 3.72. The van der Waals surface area contributed by atoms with Crippen molar-refractivity contribution in [3.05, 3.63) is 72.6 Å². The van der Waals surface area contributed by atoms with Gasteiger partial charge in [0.25, 0.3) is 5.91 Å².